The molecule has 0 fully saturated rings. The standard InChI is InChI=1S/C34H34N2O5S2/c1-40-34(39)30-27-19-10-2-3-11-20-28(27)43-33(30)36-32(38)31(23-13-6-4-7-14-23)42-26-18-12-15-24(21-26)35-29(37)22-41-25-16-8-5-9-17-25/h4-9,12-18,21,31H,2-3,10-11,19-20,22H2,1H3,(H,35,37)(H,36,38). The Hall–Kier alpha value is -4.08. The number of para-hydroxylation sites is 1. The number of ether oxygens (including phenoxy) is 2. The minimum Gasteiger partial charge on any atom is -0.484 e. The van der Waals surface area contributed by atoms with Gasteiger partial charge in [-0.05, 0) is 67.1 Å². The Kier molecular flexibility index (Phi) is 10.5. The lowest BCUT2D eigenvalue weighted by molar-refractivity contribution is -0.118. The number of hydrogen-bond donors (Lipinski definition) is 2. The number of carbonyl (C=O) groups excluding carboxylic acids is 3. The molecule has 3 aromatic carbocycles. The maximum Gasteiger partial charge on any atom is 0.341 e. The van der Waals surface area contributed by atoms with Crippen LogP contribution >= 0.6 is 23.1 Å². The third-order valence-corrected chi connectivity index (χ3v) is 9.58. The largest absolute Gasteiger partial charge is 0.484 e. The van der Waals surface area contributed by atoms with Crippen molar-refractivity contribution in [2.45, 2.75) is 48.7 Å². The van der Waals surface area contributed by atoms with Crippen LogP contribution in [-0.2, 0) is 27.2 Å². The van der Waals surface area contributed by atoms with Crippen LogP contribution in [-0.4, -0.2) is 31.5 Å². The summed E-state index contributed by atoms with van der Waals surface area (Å²) in [6.45, 7) is -0.121. The zero-order valence-electron chi connectivity index (χ0n) is 24.0. The molecule has 1 aliphatic rings. The fourth-order valence-electron chi connectivity index (χ4n) is 5.05. The highest BCUT2D eigenvalue weighted by Crippen LogP contribution is 2.41. The van der Waals surface area contributed by atoms with Crippen LogP contribution in [0.15, 0.2) is 89.8 Å². The fraction of sp³-hybridized carbons (Fsp3) is 0.265. The van der Waals surface area contributed by atoms with Crippen LogP contribution < -0.4 is 15.4 Å². The summed E-state index contributed by atoms with van der Waals surface area (Å²) in [6.07, 6.45) is 6.07. The van der Waals surface area contributed by atoms with E-state index in [-0.39, 0.29) is 18.4 Å². The zero-order valence-corrected chi connectivity index (χ0v) is 25.6. The molecule has 1 atom stereocenters. The monoisotopic (exact) mass is 614 g/mol. The first-order valence-corrected chi connectivity index (χ1v) is 16.0. The second-order valence-corrected chi connectivity index (χ2v) is 12.5. The molecule has 1 heterocycles. The molecule has 5 rings (SSSR count). The molecule has 7 nitrogen and oxygen atoms in total. The number of nitrogens with one attached hydrogen (secondary N) is 2. The minimum absolute atomic E-state index is 0.121. The molecule has 0 aliphatic heterocycles. The Balaban J connectivity index is 1.35. The van der Waals surface area contributed by atoms with E-state index in [4.69, 9.17) is 9.47 Å². The number of rotatable bonds is 10. The minimum atomic E-state index is -0.608. The number of amides is 2. The van der Waals surface area contributed by atoms with Crippen molar-refractivity contribution in [3.63, 3.8) is 0 Å². The Morgan fingerprint density at radius 1 is 0.860 bits per heavy atom. The van der Waals surface area contributed by atoms with E-state index < -0.39 is 11.2 Å². The van der Waals surface area contributed by atoms with Crippen LogP contribution in [0.2, 0.25) is 0 Å². The van der Waals surface area contributed by atoms with Crippen molar-refractivity contribution in [3.8, 4) is 5.75 Å². The van der Waals surface area contributed by atoms with Crippen molar-refractivity contribution in [3.05, 3.63) is 106 Å². The fourth-order valence-corrected chi connectivity index (χ4v) is 7.41. The first-order chi connectivity index (χ1) is 21.0. The molecule has 43 heavy (non-hydrogen) atoms. The smallest absolute Gasteiger partial charge is 0.341 e. The normalized spacial score (nSPS) is 13.5. The Morgan fingerprint density at radius 3 is 2.33 bits per heavy atom. The number of fused-ring (bicyclic) bond motifs is 1. The van der Waals surface area contributed by atoms with Crippen molar-refractivity contribution in [1.82, 2.24) is 0 Å². The number of benzene rings is 3. The van der Waals surface area contributed by atoms with Crippen molar-refractivity contribution in [1.29, 1.82) is 0 Å². The number of aryl methyl sites for hydroxylation is 1. The van der Waals surface area contributed by atoms with Gasteiger partial charge in [0.25, 0.3) is 5.91 Å². The summed E-state index contributed by atoms with van der Waals surface area (Å²) >= 11 is 2.86. The van der Waals surface area contributed by atoms with Crippen LogP contribution in [0.25, 0.3) is 0 Å². The highest BCUT2D eigenvalue weighted by atomic mass is 32.2. The van der Waals surface area contributed by atoms with Gasteiger partial charge in [0, 0.05) is 15.5 Å². The van der Waals surface area contributed by atoms with Crippen LogP contribution in [0.1, 0.15) is 57.3 Å². The number of carbonyl (C=O) groups is 3. The number of esters is 1. The number of thiophene rings is 1. The van der Waals surface area contributed by atoms with Crippen molar-refractivity contribution < 1.29 is 23.9 Å². The topological polar surface area (TPSA) is 93.7 Å². The van der Waals surface area contributed by atoms with Gasteiger partial charge >= 0.3 is 5.97 Å². The molecule has 1 unspecified atom stereocenters. The molecular weight excluding hydrogens is 581 g/mol. The zero-order chi connectivity index (χ0) is 30.0. The maximum atomic E-state index is 13.9. The first-order valence-electron chi connectivity index (χ1n) is 14.3. The molecule has 0 saturated carbocycles. The third kappa shape index (κ3) is 8.06. The van der Waals surface area contributed by atoms with Crippen LogP contribution in [0, 0.1) is 0 Å². The second-order valence-electron chi connectivity index (χ2n) is 10.2. The molecule has 0 spiro atoms. The van der Waals surface area contributed by atoms with E-state index in [9.17, 15) is 14.4 Å². The van der Waals surface area contributed by atoms with E-state index in [1.54, 1.807) is 18.2 Å². The summed E-state index contributed by atoms with van der Waals surface area (Å²) in [5.74, 6) is -0.322. The lowest BCUT2D eigenvalue weighted by Gasteiger charge is -2.18. The van der Waals surface area contributed by atoms with E-state index in [1.165, 1.54) is 36.6 Å². The Labute approximate surface area is 260 Å². The lowest BCUT2D eigenvalue weighted by Crippen LogP contribution is -2.21. The number of thioether (sulfide) groups is 1. The summed E-state index contributed by atoms with van der Waals surface area (Å²) in [5.41, 5.74) is 2.92. The van der Waals surface area contributed by atoms with Gasteiger partial charge < -0.3 is 20.1 Å². The molecule has 9 heteroatoms. The quantitative estimate of drug-likeness (QED) is 0.141. The predicted octanol–water partition coefficient (Wildman–Crippen LogP) is 7.68. The van der Waals surface area contributed by atoms with Crippen LogP contribution in [0.5, 0.6) is 5.75 Å². The summed E-state index contributed by atoms with van der Waals surface area (Å²) in [4.78, 5) is 41.4. The molecular formula is C34H34N2O5S2. The van der Waals surface area contributed by atoms with E-state index in [1.807, 2.05) is 66.7 Å². The van der Waals surface area contributed by atoms with Gasteiger partial charge in [0.1, 0.15) is 16.0 Å². The number of hydrogen-bond acceptors (Lipinski definition) is 7. The maximum absolute atomic E-state index is 13.9. The molecule has 0 radical (unpaired) electrons. The van der Waals surface area contributed by atoms with Gasteiger partial charge in [0.2, 0.25) is 5.91 Å². The average molecular weight is 615 g/mol. The van der Waals surface area contributed by atoms with Gasteiger partial charge in [-0.25, -0.2) is 4.79 Å². The third-order valence-electron chi connectivity index (χ3n) is 7.12. The van der Waals surface area contributed by atoms with E-state index in [2.05, 4.69) is 10.6 Å². The molecule has 2 N–H and O–H groups in total. The van der Waals surface area contributed by atoms with Gasteiger partial charge in [-0.3, -0.25) is 9.59 Å². The molecule has 222 valence electrons. The molecule has 1 aliphatic carbocycles. The number of methoxy groups -OCH3 is 1. The summed E-state index contributed by atoms with van der Waals surface area (Å²) < 4.78 is 10.7. The van der Waals surface area contributed by atoms with Gasteiger partial charge in [0.15, 0.2) is 6.61 Å². The van der Waals surface area contributed by atoms with Crippen LogP contribution in [0.4, 0.5) is 10.7 Å². The van der Waals surface area contributed by atoms with Crippen molar-refractivity contribution in [2.75, 3.05) is 24.4 Å². The highest BCUT2D eigenvalue weighted by molar-refractivity contribution is 8.00. The van der Waals surface area contributed by atoms with Crippen LogP contribution in [0.3, 0.4) is 0 Å². The first kappa shape index (κ1) is 30.4. The van der Waals surface area contributed by atoms with E-state index in [0.717, 1.165) is 53.0 Å². The molecule has 2 amide bonds. The average Bonchev–Trinajstić information content (AvgIpc) is 3.34. The SMILES string of the molecule is COC(=O)c1c(NC(=O)C(Sc2cccc(NC(=O)COc3ccccc3)c2)c2ccccc2)sc2c1CCCCCC2. The predicted molar refractivity (Wildman–Crippen MR) is 172 cm³/mol. The van der Waals surface area contributed by atoms with Gasteiger partial charge in [0.05, 0.1) is 12.7 Å². The second kappa shape index (κ2) is 14.9. The Morgan fingerprint density at radius 2 is 1.58 bits per heavy atom. The summed E-state index contributed by atoms with van der Waals surface area (Å²) in [7, 11) is 1.38. The molecule has 1 aromatic heterocycles. The van der Waals surface area contributed by atoms with E-state index in [0.29, 0.717) is 22.0 Å². The van der Waals surface area contributed by atoms with Crippen molar-refractivity contribution in [2.24, 2.45) is 0 Å². The molecule has 0 bridgehead atoms. The highest BCUT2D eigenvalue weighted by Gasteiger charge is 2.29. The van der Waals surface area contributed by atoms with Gasteiger partial charge in [-0.15, -0.1) is 23.1 Å². The Bertz CT molecular complexity index is 1560. The lowest BCUT2D eigenvalue weighted by atomic mass is 9.96. The number of anilines is 2. The van der Waals surface area contributed by atoms with E-state index >= 15 is 0 Å². The van der Waals surface area contributed by atoms with Gasteiger partial charge in [-0.1, -0.05) is 67.4 Å². The van der Waals surface area contributed by atoms with Gasteiger partial charge in [-0.2, -0.15) is 0 Å². The molecule has 0 saturated heterocycles. The summed E-state index contributed by atoms with van der Waals surface area (Å²) in [5, 5.41) is 5.90. The van der Waals surface area contributed by atoms with Crippen molar-refractivity contribution >= 4 is 51.6 Å². The molecule has 4 aromatic rings. The summed E-state index contributed by atoms with van der Waals surface area (Å²) in [6, 6.07) is 26.1.